The second-order valence-corrected chi connectivity index (χ2v) is 9.65. The van der Waals surface area contributed by atoms with Crippen molar-refractivity contribution >= 4 is 33.2 Å². The summed E-state index contributed by atoms with van der Waals surface area (Å²) in [6, 6.07) is 11.9. The van der Waals surface area contributed by atoms with Crippen LogP contribution in [0.2, 0.25) is 5.02 Å². The van der Waals surface area contributed by atoms with Crippen LogP contribution in [-0.4, -0.2) is 31.7 Å². The molecule has 0 unspecified atom stereocenters. The Hall–Kier alpha value is -1.89. The van der Waals surface area contributed by atoms with Gasteiger partial charge >= 0.3 is 0 Å². The summed E-state index contributed by atoms with van der Waals surface area (Å²) in [5, 5.41) is 3.09. The second-order valence-electron chi connectivity index (χ2n) is 7.30. The highest BCUT2D eigenvalue weighted by Crippen LogP contribution is 2.28. The number of nitrogens with one attached hydrogen (secondary N) is 1. The van der Waals surface area contributed by atoms with Crippen molar-refractivity contribution in [3.05, 3.63) is 58.6 Å². The number of carbonyl (C=O) groups is 1. The molecule has 1 saturated heterocycles. The second kappa shape index (κ2) is 8.64. The average Bonchev–Trinajstić information content (AvgIpc) is 2.69. The average molecular weight is 421 g/mol. The van der Waals surface area contributed by atoms with Gasteiger partial charge in [-0.1, -0.05) is 50.1 Å². The van der Waals surface area contributed by atoms with Crippen molar-refractivity contribution in [2.75, 3.05) is 18.4 Å². The summed E-state index contributed by atoms with van der Waals surface area (Å²) < 4.78 is 27.3. The molecule has 150 valence electrons. The summed E-state index contributed by atoms with van der Waals surface area (Å²) in [6.45, 7) is 5.11. The van der Waals surface area contributed by atoms with Crippen molar-refractivity contribution < 1.29 is 13.2 Å². The predicted molar refractivity (Wildman–Crippen MR) is 113 cm³/mol. The molecular formula is C21H25ClN2O3S. The van der Waals surface area contributed by atoms with Crippen molar-refractivity contribution in [3.8, 4) is 0 Å². The van der Waals surface area contributed by atoms with E-state index in [0.717, 1.165) is 24.8 Å². The zero-order valence-electron chi connectivity index (χ0n) is 16.1. The Morgan fingerprint density at radius 1 is 1.07 bits per heavy atom. The standard InChI is InChI=1S/C21H25ClN2O3S/c1-15(2)17-8-4-5-9-20(17)23-21(25)18-14-16(10-11-19(18)22)28(26,27)24-12-6-3-7-13-24/h4-5,8-11,14-15H,3,6-7,12-13H2,1-2H3,(H,23,25). The van der Waals surface area contributed by atoms with Gasteiger partial charge in [-0.15, -0.1) is 0 Å². The number of hydrogen-bond donors (Lipinski definition) is 1. The van der Waals surface area contributed by atoms with Crippen LogP contribution in [0.1, 0.15) is 54.9 Å². The topological polar surface area (TPSA) is 66.5 Å². The van der Waals surface area contributed by atoms with E-state index < -0.39 is 15.9 Å². The normalized spacial score (nSPS) is 15.6. The van der Waals surface area contributed by atoms with E-state index in [0.29, 0.717) is 18.8 Å². The number of amides is 1. The van der Waals surface area contributed by atoms with Gasteiger partial charge in [0.2, 0.25) is 10.0 Å². The van der Waals surface area contributed by atoms with Crippen molar-refractivity contribution in [3.63, 3.8) is 0 Å². The molecule has 0 spiro atoms. The van der Waals surface area contributed by atoms with Gasteiger partial charge in [-0.3, -0.25) is 4.79 Å². The van der Waals surface area contributed by atoms with Crippen LogP contribution in [0.4, 0.5) is 5.69 Å². The Balaban J connectivity index is 1.90. The smallest absolute Gasteiger partial charge is 0.257 e. The fourth-order valence-electron chi connectivity index (χ4n) is 3.40. The first kappa shape index (κ1) is 20.8. The van der Waals surface area contributed by atoms with E-state index in [9.17, 15) is 13.2 Å². The van der Waals surface area contributed by atoms with Crippen molar-refractivity contribution in [2.45, 2.75) is 43.9 Å². The molecule has 1 N–H and O–H groups in total. The van der Waals surface area contributed by atoms with Gasteiger partial charge < -0.3 is 5.32 Å². The zero-order valence-corrected chi connectivity index (χ0v) is 17.7. The van der Waals surface area contributed by atoms with Gasteiger partial charge in [-0.05, 0) is 48.6 Å². The number of para-hydroxylation sites is 1. The molecular weight excluding hydrogens is 396 g/mol. The van der Waals surface area contributed by atoms with E-state index in [1.807, 2.05) is 38.1 Å². The fraction of sp³-hybridized carbons (Fsp3) is 0.381. The summed E-state index contributed by atoms with van der Waals surface area (Å²) in [5.41, 5.74) is 1.85. The molecule has 1 fully saturated rings. The molecule has 1 aliphatic rings. The first-order valence-corrected chi connectivity index (χ1v) is 11.3. The third-order valence-corrected chi connectivity index (χ3v) is 7.19. The number of anilines is 1. The summed E-state index contributed by atoms with van der Waals surface area (Å²) in [7, 11) is -3.63. The Morgan fingerprint density at radius 3 is 2.43 bits per heavy atom. The zero-order chi connectivity index (χ0) is 20.3. The number of hydrogen-bond acceptors (Lipinski definition) is 3. The lowest BCUT2D eigenvalue weighted by atomic mass is 10.0. The lowest BCUT2D eigenvalue weighted by Gasteiger charge is -2.26. The van der Waals surface area contributed by atoms with E-state index in [-0.39, 0.29) is 21.4 Å². The van der Waals surface area contributed by atoms with Gasteiger partial charge in [0.25, 0.3) is 5.91 Å². The van der Waals surface area contributed by atoms with Crippen LogP contribution in [0, 0.1) is 0 Å². The van der Waals surface area contributed by atoms with Gasteiger partial charge in [0.05, 0.1) is 15.5 Å². The van der Waals surface area contributed by atoms with Crippen LogP contribution in [0.3, 0.4) is 0 Å². The third kappa shape index (κ3) is 4.40. The first-order chi connectivity index (χ1) is 13.3. The maximum absolute atomic E-state index is 12.9. The van der Waals surface area contributed by atoms with E-state index >= 15 is 0 Å². The SMILES string of the molecule is CC(C)c1ccccc1NC(=O)c1cc(S(=O)(=O)N2CCCCC2)ccc1Cl. The van der Waals surface area contributed by atoms with Crippen molar-refractivity contribution in [1.82, 2.24) is 4.31 Å². The van der Waals surface area contributed by atoms with E-state index in [2.05, 4.69) is 5.32 Å². The largest absolute Gasteiger partial charge is 0.322 e. The number of nitrogens with zero attached hydrogens (tertiary/aromatic N) is 1. The predicted octanol–water partition coefficient (Wildman–Crippen LogP) is 4.89. The summed E-state index contributed by atoms with van der Waals surface area (Å²) >= 11 is 6.23. The summed E-state index contributed by atoms with van der Waals surface area (Å²) in [4.78, 5) is 13.0. The van der Waals surface area contributed by atoms with Crippen LogP contribution in [0.25, 0.3) is 0 Å². The quantitative estimate of drug-likeness (QED) is 0.748. The van der Waals surface area contributed by atoms with E-state index in [1.165, 1.54) is 22.5 Å². The molecule has 1 heterocycles. The maximum atomic E-state index is 12.9. The summed E-state index contributed by atoms with van der Waals surface area (Å²) in [6.07, 6.45) is 2.74. The van der Waals surface area contributed by atoms with E-state index in [4.69, 9.17) is 11.6 Å². The molecule has 28 heavy (non-hydrogen) atoms. The minimum absolute atomic E-state index is 0.0982. The van der Waals surface area contributed by atoms with Crippen molar-refractivity contribution in [1.29, 1.82) is 0 Å². The number of sulfonamides is 1. The van der Waals surface area contributed by atoms with Crippen LogP contribution in [0.15, 0.2) is 47.4 Å². The fourth-order valence-corrected chi connectivity index (χ4v) is 5.14. The maximum Gasteiger partial charge on any atom is 0.257 e. The number of piperidine rings is 1. The highest BCUT2D eigenvalue weighted by Gasteiger charge is 2.27. The number of rotatable bonds is 5. The molecule has 1 amide bonds. The molecule has 3 rings (SSSR count). The lowest BCUT2D eigenvalue weighted by molar-refractivity contribution is 0.102. The monoisotopic (exact) mass is 420 g/mol. The molecule has 0 aromatic heterocycles. The summed E-state index contributed by atoms with van der Waals surface area (Å²) in [5.74, 6) is -0.188. The van der Waals surface area contributed by atoms with Gasteiger partial charge in [-0.2, -0.15) is 4.31 Å². The Kier molecular flexibility index (Phi) is 6.43. The molecule has 0 atom stereocenters. The van der Waals surface area contributed by atoms with Crippen LogP contribution in [-0.2, 0) is 10.0 Å². The Morgan fingerprint density at radius 2 is 1.75 bits per heavy atom. The van der Waals surface area contributed by atoms with Gasteiger partial charge in [0.1, 0.15) is 0 Å². The van der Waals surface area contributed by atoms with Gasteiger partial charge in [0.15, 0.2) is 0 Å². The van der Waals surface area contributed by atoms with Gasteiger partial charge in [-0.25, -0.2) is 8.42 Å². The highest BCUT2D eigenvalue weighted by atomic mass is 35.5. The molecule has 2 aromatic rings. The molecule has 0 radical (unpaired) electrons. The molecule has 0 bridgehead atoms. The molecule has 2 aromatic carbocycles. The molecule has 0 aliphatic carbocycles. The Labute approximate surface area is 171 Å². The number of carbonyl (C=O) groups excluding carboxylic acids is 1. The highest BCUT2D eigenvalue weighted by molar-refractivity contribution is 7.89. The molecule has 7 heteroatoms. The molecule has 1 aliphatic heterocycles. The first-order valence-electron chi connectivity index (χ1n) is 9.50. The minimum Gasteiger partial charge on any atom is -0.322 e. The van der Waals surface area contributed by atoms with Gasteiger partial charge in [0, 0.05) is 18.8 Å². The minimum atomic E-state index is -3.63. The Bertz CT molecular complexity index is 967. The van der Waals surface area contributed by atoms with E-state index in [1.54, 1.807) is 0 Å². The van der Waals surface area contributed by atoms with Crippen molar-refractivity contribution in [2.24, 2.45) is 0 Å². The third-order valence-electron chi connectivity index (χ3n) is 4.97. The van der Waals surface area contributed by atoms with Crippen LogP contribution in [0.5, 0.6) is 0 Å². The molecule has 0 saturated carbocycles. The molecule has 5 nitrogen and oxygen atoms in total. The van der Waals surface area contributed by atoms with Crippen LogP contribution >= 0.6 is 11.6 Å². The number of halogens is 1. The number of benzene rings is 2. The lowest BCUT2D eigenvalue weighted by Crippen LogP contribution is -2.35. The van der Waals surface area contributed by atoms with Crippen LogP contribution < -0.4 is 5.32 Å².